The maximum atomic E-state index is 11.8. The second-order valence-corrected chi connectivity index (χ2v) is 9.87. The fraction of sp³-hybridized carbons (Fsp3) is 0.0909. The molecule has 0 bridgehead atoms. The quantitative estimate of drug-likeness (QED) is 0.383. The first kappa shape index (κ1) is 21.2. The van der Waals surface area contributed by atoms with Crippen LogP contribution in [0.2, 0.25) is 0 Å². The summed E-state index contributed by atoms with van der Waals surface area (Å²) in [7, 11) is -3.91. The average Bonchev–Trinajstić information content (AvgIpc) is 3.43. The van der Waals surface area contributed by atoms with Crippen molar-refractivity contribution in [1.29, 1.82) is 0 Å². The lowest BCUT2D eigenvalue weighted by molar-refractivity contribution is 0.597. The number of nitrogens with two attached hydrogens (primary N) is 1. The summed E-state index contributed by atoms with van der Waals surface area (Å²) in [4.78, 5) is 13.1. The Labute approximate surface area is 194 Å². The number of pyridine rings is 1. The highest BCUT2D eigenvalue weighted by molar-refractivity contribution is 7.89. The van der Waals surface area contributed by atoms with E-state index in [4.69, 9.17) is 10.1 Å². The molecular weight excluding hydrogens is 458 g/mol. The number of thiazole rings is 1. The highest BCUT2D eigenvalue weighted by atomic mass is 32.2. The van der Waals surface area contributed by atoms with Gasteiger partial charge >= 0.3 is 0 Å². The number of aryl methyl sites for hydroxylation is 1. The number of primary sulfonamides is 1. The molecule has 166 valence electrons. The Morgan fingerprint density at radius 3 is 2.64 bits per heavy atom. The Balaban J connectivity index is 1.65. The number of benzene rings is 1. The minimum atomic E-state index is -3.91. The van der Waals surface area contributed by atoms with Crippen molar-refractivity contribution in [2.75, 3.05) is 5.32 Å². The van der Waals surface area contributed by atoms with E-state index in [0.29, 0.717) is 23.8 Å². The molecule has 0 unspecified atom stereocenters. The minimum Gasteiger partial charge on any atom is -0.362 e. The molecule has 0 amide bonds. The van der Waals surface area contributed by atoms with Crippen LogP contribution in [0.15, 0.2) is 71.3 Å². The maximum absolute atomic E-state index is 11.8. The molecule has 0 aliphatic rings. The smallest absolute Gasteiger partial charge is 0.239 e. The molecular formula is C22H19N7O2S2. The molecule has 11 heteroatoms. The molecule has 0 saturated heterocycles. The van der Waals surface area contributed by atoms with E-state index in [1.807, 2.05) is 54.9 Å². The van der Waals surface area contributed by atoms with Gasteiger partial charge in [0.15, 0.2) is 11.6 Å². The lowest BCUT2D eigenvalue weighted by Gasteiger charge is -2.11. The van der Waals surface area contributed by atoms with E-state index in [-0.39, 0.29) is 4.90 Å². The first-order valence-electron chi connectivity index (χ1n) is 9.96. The fourth-order valence-electron chi connectivity index (χ4n) is 3.46. The van der Waals surface area contributed by atoms with Crippen molar-refractivity contribution >= 4 is 32.7 Å². The Kier molecular flexibility index (Phi) is 5.36. The molecule has 0 atom stereocenters. The van der Waals surface area contributed by atoms with Crippen LogP contribution in [0.1, 0.15) is 10.7 Å². The summed E-state index contributed by atoms with van der Waals surface area (Å²) >= 11 is 1.57. The minimum absolute atomic E-state index is 0.103. The number of fused-ring (bicyclic) bond motifs is 1. The normalized spacial score (nSPS) is 11.7. The number of hydrogen-bond donors (Lipinski definition) is 2. The third-order valence-corrected chi connectivity index (χ3v) is 6.82. The summed E-state index contributed by atoms with van der Waals surface area (Å²) in [5.41, 5.74) is 4.20. The Morgan fingerprint density at radius 2 is 1.91 bits per heavy atom. The summed E-state index contributed by atoms with van der Waals surface area (Å²) < 4.78 is 25.3. The van der Waals surface area contributed by atoms with Crippen molar-refractivity contribution in [3.05, 3.63) is 77.1 Å². The van der Waals surface area contributed by atoms with Crippen LogP contribution >= 0.6 is 11.3 Å². The zero-order valence-electron chi connectivity index (χ0n) is 17.5. The monoisotopic (exact) mass is 477 g/mol. The topological polar surface area (TPSA) is 128 Å². The SMILES string of the molecule is Cc1csc(CNc2nc(-c3cncc(S(N)(=O)=O)c3)nn3ccc(-c4ccccc4)c23)n1. The van der Waals surface area contributed by atoms with Crippen LogP contribution in [0.3, 0.4) is 0 Å². The Hall–Kier alpha value is -3.67. The first-order valence-corrected chi connectivity index (χ1v) is 12.4. The van der Waals surface area contributed by atoms with Gasteiger partial charge in [-0.05, 0) is 24.6 Å². The maximum Gasteiger partial charge on any atom is 0.239 e. The number of nitrogens with one attached hydrogen (secondary N) is 1. The third-order valence-electron chi connectivity index (χ3n) is 4.97. The van der Waals surface area contributed by atoms with E-state index in [0.717, 1.165) is 27.3 Å². The highest BCUT2D eigenvalue weighted by Crippen LogP contribution is 2.31. The van der Waals surface area contributed by atoms with Gasteiger partial charge in [0.2, 0.25) is 10.0 Å². The molecule has 0 aliphatic heterocycles. The van der Waals surface area contributed by atoms with Crippen molar-refractivity contribution in [2.45, 2.75) is 18.4 Å². The van der Waals surface area contributed by atoms with Crippen molar-refractivity contribution < 1.29 is 8.42 Å². The van der Waals surface area contributed by atoms with Gasteiger partial charge in [-0.1, -0.05) is 30.3 Å². The number of anilines is 1. The van der Waals surface area contributed by atoms with Crippen LogP contribution in [0.25, 0.3) is 28.0 Å². The Bertz CT molecular complexity index is 1560. The van der Waals surface area contributed by atoms with Gasteiger partial charge in [-0.25, -0.2) is 28.0 Å². The number of hydrogen-bond acceptors (Lipinski definition) is 8. The molecule has 0 aliphatic carbocycles. The summed E-state index contributed by atoms with van der Waals surface area (Å²) in [6.07, 6.45) is 4.55. The molecule has 0 radical (unpaired) electrons. The van der Waals surface area contributed by atoms with Crippen LogP contribution in [0.5, 0.6) is 0 Å². The Morgan fingerprint density at radius 1 is 1.09 bits per heavy atom. The second-order valence-electron chi connectivity index (χ2n) is 7.36. The van der Waals surface area contributed by atoms with Gasteiger partial charge in [-0.2, -0.15) is 0 Å². The molecule has 4 heterocycles. The number of rotatable bonds is 6. The average molecular weight is 478 g/mol. The van der Waals surface area contributed by atoms with Gasteiger partial charge in [0.25, 0.3) is 0 Å². The molecule has 9 nitrogen and oxygen atoms in total. The van der Waals surface area contributed by atoms with Crippen LogP contribution in [-0.4, -0.2) is 33.0 Å². The lowest BCUT2D eigenvalue weighted by atomic mass is 10.1. The number of aromatic nitrogens is 5. The van der Waals surface area contributed by atoms with Gasteiger partial charge in [0.1, 0.15) is 15.4 Å². The largest absolute Gasteiger partial charge is 0.362 e. The first-order chi connectivity index (χ1) is 15.9. The predicted octanol–water partition coefficient (Wildman–Crippen LogP) is 3.48. The van der Waals surface area contributed by atoms with Gasteiger partial charge in [-0.3, -0.25) is 4.98 Å². The van der Waals surface area contributed by atoms with Crippen molar-refractivity contribution in [1.82, 2.24) is 24.6 Å². The van der Waals surface area contributed by atoms with E-state index < -0.39 is 10.0 Å². The zero-order valence-corrected chi connectivity index (χ0v) is 19.1. The van der Waals surface area contributed by atoms with Crippen molar-refractivity contribution in [2.24, 2.45) is 5.14 Å². The van der Waals surface area contributed by atoms with Crippen LogP contribution in [-0.2, 0) is 16.6 Å². The second kappa shape index (κ2) is 8.35. The van der Waals surface area contributed by atoms with Crippen LogP contribution < -0.4 is 10.5 Å². The van der Waals surface area contributed by atoms with Crippen LogP contribution in [0, 0.1) is 6.92 Å². The van der Waals surface area contributed by atoms with Crippen LogP contribution in [0.4, 0.5) is 5.82 Å². The standard InChI is InChI=1S/C22H19N7O2S2/c1-14-13-32-19(26-14)12-25-22-20-18(15-5-3-2-4-6-15)7-8-29(20)28-21(27-22)16-9-17(11-24-10-16)33(23,30)31/h2-11,13H,12H2,1H3,(H2,23,30,31)(H,25,27,28). The van der Waals surface area contributed by atoms with E-state index >= 15 is 0 Å². The molecule has 0 saturated carbocycles. The van der Waals surface area contributed by atoms with E-state index in [1.165, 1.54) is 18.5 Å². The summed E-state index contributed by atoms with van der Waals surface area (Å²) in [6, 6.07) is 13.4. The molecule has 5 rings (SSSR count). The summed E-state index contributed by atoms with van der Waals surface area (Å²) in [5, 5.41) is 16.2. The van der Waals surface area contributed by atoms with Gasteiger partial charge < -0.3 is 5.32 Å². The molecule has 5 aromatic rings. The molecule has 33 heavy (non-hydrogen) atoms. The molecule has 3 N–H and O–H groups in total. The molecule has 1 aromatic carbocycles. The lowest BCUT2D eigenvalue weighted by Crippen LogP contribution is -2.13. The molecule has 0 fully saturated rings. The highest BCUT2D eigenvalue weighted by Gasteiger charge is 2.17. The van der Waals surface area contributed by atoms with E-state index in [1.54, 1.807) is 15.9 Å². The molecule has 0 spiro atoms. The van der Waals surface area contributed by atoms with Crippen molar-refractivity contribution in [3.8, 4) is 22.5 Å². The number of nitrogens with zero attached hydrogens (tertiary/aromatic N) is 5. The van der Waals surface area contributed by atoms with Crippen molar-refractivity contribution in [3.63, 3.8) is 0 Å². The number of sulfonamides is 1. The third kappa shape index (κ3) is 4.33. The molecule has 4 aromatic heterocycles. The zero-order chi connectivity index (χ0) is 23.0. The van der Waals surface area contributed by atoms with Gasteiger partial charge in [0.05, 0.1) is 6.54 Å². The van der Waals surface area contributed by atoms with Gasteiger partial charge in [0, 0.05) is 40.8 Å². The summed E-state index contributed by atoms with van der Waals surface area (Å²) in [6.45, 7) is 2.44. The fourth-order valence-corrected chi connectivity index (χ4v) is 4.67. The summed E-state index contributed by atoms with van der Waals surface area (Å²) in [5.74, 6) is 0.909. The van der Waals surface area contributed by atoms with E-state index in [2.05, 4.69) is 20.4 Å². The van der Waals surface area contributed by atoms with E-state index in [9.17, 15) is 8.42 Å². The predicted molar refractivity (Wildman–Crippen MR) is 127 cm³/mol. The van der Waals surface area contributed by atoms with Gasteiger partial charge in [-0.15, -0.1) is 16.4 Å².